The largest absolute Gasteiger partial charge is 0.492 e. The molecule has 0 heterocycles. The highest BCUT2D eigenvalue weighted by molar-refractivity contribution is 6.32. The SMILES string of the molecule is CC(O)c1ccc(OCC2CC3CCC2C3)c(Cl)c1. The number of fused-ring (bicyclic) bond motifs is 2. The molecule has 2 bridgehead atoms. The molecule has 19 heavy (non-hydrogen) atoms. The van der Waals surface area contributed by atoms with Gasteiger partial charge in [0.2, 0.25) is 0 Å². The van der Waals surface area contributed by atoms with Gasteiger partial charge in [-0.25, -0.2) is 0 Å². The van der Waals surface area contributed by atoms with Gasteiger partial charge < -0.3 is 9.84 Å². The topological polar surface area (TPSA) is 29.5 Å². The first-order valence-corrected chi connectivity index (χ1v) is 7.61. The summed E-state index contributed by atoms with van der Waals surface area (Å²) >= 11 is 6.20. The first kappa shape index (κ1) is 13.3. The Morgan fingerprint density at radius 2 is 2.21 bits per heavy atom. The van der Waals surface area contributed by atoms with Gasteiger partial charge in [-0.3, -0.25) is 0 Å². The Kier molecular flexibility index (Phi) is 3.72. The number of halogens is 1. The summed E-state index contributed by atoms with van der Waals surface area (Å²) in [5, 5.41) is 10.1. The van der Waals surface area contributed by atoms with Crippen molar-refractivity contribution in [1.29, 1.82) is 0 Å². The molecule has 2 aliphatic carbocycles. The van der Waals surface area contributed by atoms with E-state index in [2.05, 4.69) is 0 Å². The highest BCUT2D eigenvalue weighted by Crippen LogP contribution is 2.48. The lowest BCUT2D eigenvalue weighted by molar-refractivity contribution is 0.193. The molecule has 1 aromatic rings. The van der Waals surface area contributed by atoms with Crippen LogP contribution in [0, 0.1) is 17.8 Å². The summed E-state index contributed by atoms with van der Waals surface area (Å²) < 4.78 is 5.89. The van der Waals surface area contributed by atoms with E-state index in [0.29, 0.717) is 10.9 Å². The summed E-state index contributed by atoms with van der Waals surface area (Å²) in [5.74, 6) is 3.28. The van der Waals surface area contributed by atoms with E-state index in [0.717, 1.165) is 29.8 Å². The lowest BCUT2D eigenvalue weighted by atomic mass is 9.89. The van der Waals surface area contributed by atoms with Gasteiger partial charge in [0.1, 0.15) is 5.75 Å². The molecule has 0 spiro atoms. The molecule has 3 rings (SSSR count). The van der Waals surface area contributed by atoms with Crippen molar-refractivity contribution in [2.75, 3.05) is 6.61 Å². The highest BCUT2D eigenvalue weighted by Gasteiger charge is 2.39. The van der Waals surface area contributed by atoms with Crippen LogP contribution < -0.4 is 4.74 Å². The van der Waals surface area contributed by atoms with Gasteiger partial charge in [-0.05, 0) is 61.6 Å². The van der Waals surface area contributed by atoms with E-state index in [-0.39, 0.29) is 0 Å². The van der Waals surface area contributed by atoms with Crippen LogP contribution in [0.5, 0.6) is 5.75 Å². The van der Waals surface area contributed by atoms with Crippen LogP contribution in [-0.2, 0) is 0 Å². The molecule has 0 aromatic heterocycles. The van der Waals surface area contributed by atoms with Crippen LogP contribution in [0.1, 0.15) is 44.3 Å². The summed E-state index contributed by atoms with van der Waals surface area (Å²) in [6.07, 6.45) is 5.05. The van der Waals surface area contributed by atoms with Crippen molar-refractivity contribution in [3.8, 4) is 5.75 Å². The highest BCUT2D eigenvalue weighted by atomic mass is 35.5. The number of rotatable bonds is 4. The Labute approximate surface area is 119 Å². The van der Waals surface area contributed by atoms with Gasteiger partial charge in [0.25, 0.3) is 0 Å². The van der Waals surface area contributed by atoms with Crippen LogP contribution in [0.25, 0.3) is 0 Å². The lowest BCUT2D eigenvalue weighted by Crippen LogP contribution is -2.18. The average Bonchev–Trinajstić information content (AvgIpc) is 2.99. The van der Waals surface area contributed by atoms with Crippen LogP contribution in [0.3, 0.4) is 0 Å². The Balaban J connectivity index is 1.61. The second kappa shape index (κ2) is 5.34. The maximum Gasteiger partial charge on any atom is 0.137 e. The number of aliphatic hydroxyl groups excluding tert-OH is 1. The maximum absolute atomic E-state index is 9.51. The number of benzene rings is 1. The van der Waals surface area contributed by atoms with E-state index in [4.69, 9.17) is 16.3 Å². The molecule has 3 heteroatoms. The number of ether oxygens (including phenoxy) is 1. The fourth-order valence-corrected chi connectivity index (χ4v) is 3.91. The summed E-state index contributed by atoms with van der Waals surface area (Å²) in [4.78, 5) is 0. The fourth-order valence-electron chi connectivity index (χ4n) is 3.67. The normalized spacial score (nSPS) is 30.6. The van der Waals surface area contributed by atoms with E-state index >= 15 is 0 Å². The van der Waals surface area contributed by atoms with Crippen molar-refractivity contribution < 1.29 is 9.84 Å². The molecule has 2 aliphatic rings. The van der Waals surface area contributed by atoms with Crippen LogP contribution in [0.15, 0.2) is 18.2 Å². The minimum atomic E-state index is -0.489. The zero-order chi connectivity index (χ0) is 13.4. The van der Waals surface area contributed by atoms with E-state index < -0.39 is 6.10 Å². The Morgan fingerprint density at radius 3 is 2.79 bits per heavy atom. The van der Waals surface area contributed by atoms with E-state index in [9.17, 15) is 5.11 Å². The predicted octanol–water partition coefficient (Wildman–Crippen LogP) is 4.21. The van der Waals surface area contributed by atoms with Gasteiger partial charge >= 0.3 is 0 Å². The summed E-state index contributed by atoms with van der Waals surface area (Å²) in [6.45, 7) is 2.52. The summed E-state index contributed by atoms with van der Waals surface area (Å²) in [6, 6.07) is 5.55. The number of hydrogen-bond acceptors (Lipinski definition) is 2. The molecule has 2 fully saturated rings. The molecule has 0 radical (unpaired) electrons. The minimum Gasteiger partial charge on any atom is -0.492 e. The zero-order valence-electron chi connectivity index (χ0n) is 11.3. The molecule has 4 unspecified atom stereocenters. The zero-order valence-corrected chi connectivity index (χ0v) is 12.1. The molecule has 2 saturated carbocycles. The second-order valence-corrected chi connectivity index (χ2v) is 6.52. The van der Waals surface area contributed by atoms with Crippen molar-refractivity contribution in [2.24, 2.45) is 17.8 Å². The molecule has 4 atom stereocenters. The quantitative estimate of drug-likeness (QED) is 0.895. The van der Waals surface area contributed by atoms with Crippen LogP contribution in [0.2, 0.25) is 5.02 Å². The maximum atomic E-state index is 9.51. The standard InChI is InChI=1S/C16H21ClO2/c1-10(18)12-4-5-16(15(17)8-12)19-9-14-7-11-2-3-13(14)6-11/h4-5,8,10-11,13-14,18H,2-3,6-7,9H2,1H3. The molecular weight excluding hydrogens is 260 g/mol. The van der Waals surface area contributed by atoms with Gasteiger partial charge in [0.05, 0.1) is 17.7 Å². The number of hydrogen-bond donors (Lipinski definition) is 1. The van der Waals surface area contributed by atoms with Gasteiger partial charge in [-0.1, -0.05) is 24.1 Å². The molecule has 0 aliphatic heterocycles. The molecule has 1 N–H and O–H groups in total. The summed E-state index contributed by atoms with van der Waals surface area (Å²) in [7, 11) is 0. The third-order valence-corrected chi connectivity index (χ3v) is 5.07. The Bertz CT molecular complexity index is 458. The van der Waals surface area contributed by atoms with Crippen molar-refractivity contribution >= 4 is 11.6 Å². The monoisotopic (exact) mass is 280 g/mol. The van der Waals surface area contributed by atoms with Gasteiger partial charge in [-0.15, -0.1) is 0 Å². The molecule has 1 aromatic carbocycles. The average molecular weight is 281 g/mol. The van der Waals surface area contributed by atoms with Crippen LogP contribution in [-0.4, -0.2) is 11.7 Å². The predicted molar refractivity (Wildman–Crippen MR) is 76.5 cm³/mol. The van der Waals surface area contributed by atoms with E-state index in [1.807, 2.05) is 12.1 Å². The second-order valence-electron chi connectivity index (χ2n) is 6.11. The Hall–Kier alpha value is -0.730. The molecule has 2 nitrogen and oxygen atoms in total. The lowest BCUT2D eigenvalue weighted by Gasteiger charge is -2.22. The molecular formula is C16H21ClO2. The van der Waals surface area contributed by atoms with Gasteiger partial charge in [-0.2, -0.15) is 0 Å². The van der Waals surface area contributed by atoms with Gasteiger partial charge in [0, 0.05) is 0 Å². The van der Waals surface area contributed by atoms with E-state index in [1.165, 1.54) is 25.7 Å². The fraction of sp³-hybridized carbons (Fsp3) is 0.625. The summed E-state index contributed by atoms with van der Waals surface area (Å²) in [5.41, 5.74) is 0.831. The third kappa shape index (κ3) is 2.75. The van der Waals surface area contributed by atoms with Crippen molar-refractivity contribution in [1.82, 2.24) is 0 Å². The first-order chi connectivity index (χ1) is 9.13. The van der Waals surface area contributed by atoms with Gasteiger partial charge in [0.15, 0.2) is 0 Å². The van der Waals surface area contributed by atoms with Crippen LogP contribution >= 0.6 is 11.6 Å². The first-order valence-electron chi connectivity index (χ1n) is 7.24. The third-order valence-electron chi connectivity index (χ3n) is 4.78. The van der Waals surface area contributed by atoms with E-state index in [1.54, 1.807) is 13.0 Å². The molecule has 0 amide bonds. The minimum absolute atomic E-state index is 0.489. The Morgan fingerprint density at radius 1 is 1.37 bits per heavy atom. The molecule has 104 valence electrons. The van der Waals surface area contributed by atoms with Crippen molar-refractivity contribution in [3.63, 3.8) is 0 Å². The van der Waals surface area contributed by atoms with Crippen molar-refractivity contribution in [3.05, 3.63) is 28.8 Å². The molecule has 0 saturated heterocycles. The van der Waals surface area contributed by atoms with Crippen LogP contribution in [0.4, 0.5) is 0 Å². The number of aliphatic hydroxyl groups is 1. The smallest absolute Gasteiger partial charge is 0.137 e. The van der Waals surface area contributed by atoms with Crippen molar-refractivity contribution in [2.45, 2.75) is 38.7 Å².